The minimum absolute atomic E-state index is 0.0619. The molecule has 7 nitrogen and oxygen atoms in total. The number of hydrogen-bond acceptors (Lipinski definition) is 5. The molecule has 0 aliphatic carbocycles. The van der Waals surface area contributed by atoms with Crippen LogP contribution >= 0.6 is 0 Å². The number of rotatable bonds is 8. The van der Waals surface area contributed by atoms with Gasteiger partial charge in [-0.25, -0.2) is 4.79 Å². The summed E-state index contributed by atoms with van der Waals surface area (Å²) in [7, 11) is 3.06. The highest BCUT2D eigenvalue weighted by Gasteiger charge is 2.35. The van der Waals surface area contributed by atoms with E-state index in [0.29, 0.717) is 13.1 Å². The standard InChI is InChI=1S/C17H32N2O5/c1-7-13(8-17(2,3)4)15(20)24-14-9-18(11-22-5)16(21)19(10-14)12-23-6/h13-14H,7-12H2,1-6H3. The average Bonchev–Trinajstić information content (AvgIpc) is 2.48. The zero-order valence-electron chi connectivity index (χ0n) is 15.8. The monoisotopic (exact) mass is 344 g/mol. The number of carbonyl (C=O) groups excluding carboxylic acids is 2. The second-order valence-electron chi connectivity index (χ2n) is 7.49. The first-order valence-electron chi connectivity index (χ1n) is 8.44. The summed E-state index contributed by atoms with van der Waals surface area (Å²) in [5, 5.41) is 0. The molecule has 1 atom stereocenters. The molecule has 0 N–H and O–H groups in total. The lowest BCUT2D eigenvalue weighted by atomic mass is 9.83. The number of urea groups is 1. The topological polar surface area (TPSA) is 68.3 Å². The zero-order chi connectivity index (χ0) is 18.3. The highest BCUT2D eigenvalue weighted by atomic mass is 16.5. The van der Waals surface area contributed by atoms with Crippen LogP contribution in [0.2, 0.25) is 0 Å². The van der Waals surface area contributed by atoms with Crippen molar-refractivity contribution in [2.24, 2.45) is 11.3 Å². The lowest BCUT2D eigenvalue weighted by Crippen LogP contribution is -2.57. The molecule has 24 heavy (non-hydrogen) atoms. The van der Waals surface area contributed by atoms with Gasteiger partial charge in [0.1, 0.15) is 19.6 Å². The molecule has 1 heterocycles. The van der Waals surface area contributed by atoms with E-state index < -0.39 is 0 Å². The summed E-state index contributed by atoms with van der Waals surface area (Å²) in [6.07, 6.45) is 1.14. The Balaban J connectivity index is 2.73. The van der Waals surface area contributed by atoms with Gasteiger partial charge in [-0.15, -0.1) is 0 Å². The molecule has 0 radical (unpaired) electrons. The fourth-order valence-electron chi connectivity index (χ4n) is 2.90. The van der Waals surface area contributed by atoms with Gasteiger partial charge in [-0.3, -0.25) is 14.6 Å². The van der Waals surface area contributed by atoms with Gasteiger partial charge < -0.3 is 14.2 Å². The summed E-state index contributed by atoms with van der Waals surface area (Å²) in [5.74, 6) is -0.323. The fourth-order valence-corrected chi connectivity index (χ4v) is 2.90. The number of amides is 2. The van der Waals surface area contributed by atoms with E-state index in [1.165, 1.54) is 24.0 Å². The predicted molar refractivity (Wildman–Crippen MR) is 90.3 cm³/mol. The van der Waals surface area contributed by atoms with Crippen molar-refractivity contribution in [1.82, 2.24) is 9.80 Å². The molecule has 0 aromatic carbocycles. The van der Waals surface area contributed by atoms with Gasteiger partial charge >= 0.3 is 12.0 Å². The molecule has 0 aromatic heterocycles. The van der Waals surface area contributed by atoms with Gasteiger partial charge in [-0.05, 0) is 18.3 Å². The molecule has 1 saturated heterocycles. The van der Waals surface area contributed by atoms with Crippen molar-refractivity contribution in [1.29, 1.82) is 0 Å². The third-order valence-corrected chi connectivity index (χ3v) is 3.93. The number of carbonyl (C=O) groups is 2. The van der Waals surface area contributed by atoms with E-state index in [0.717, 1.165) is 12.8 Å². The minimum atomic E-state index is -0.380. The Bertz CT molecular complexity index is 404. The molecule has 1 fully saturated rings. The molecule has 7 heteroatoms. The molecule has 0 spiro atoms. The number of hydrogen-bond donors (Lipinski definition) is 0. The van der Waals surface area contributed by atoms with Crippen LogP contribution in [0.3, 0.4) is 0 Å². The van der Waals surface area contributed by atoms with E-state index >= 15 is 0 Å². The molecule has 1 unspecified atom stereocenters. The van der Waals surface area contributed by atoms with Gasteiger partial charge in [-0.2, -0.15) is 0 Å². The summed E-state index contributed by atoms with van der Waals surface area (Å²) >= 11 is 0. The maximum Gasteiger partial charge on any atom is 0.323 e. The van der Waals surface area contributed by atoms with Crippen molar-refractivity contribution in [2.45, 2.75) is 46.6 Å². The number of ether oxygens (including phenoxy) is 3. The van der Waals surface area contributed by atoms with Gasteiger partial charge in [0.15, 0.2) is 0 Å². The lowest BCUT2D eigenvalue weighted by Gasteiger charge is -2.39. The third kappa shape index (κ3) is 6.28. The zero-order valence-corrected chi connectivity index (χ0v) is 15.8. The first kappa shape index (κ1) is 20.7. The van der Waals surface area contributed by atoms with Crippen molar-refractivity contribution in [2.75, 3.05) is 40.8 Å². The Morgan fingerprint density at radius 1 is 1.17 bits per heavy atom. The van der Waals surface area contributed by atoms with Gasteiger partial charge in [0.2, 0.25) is 0 Å². The second kappa shape index (κ2) is 9.22. The van der Waals surface area contributed by atoms with Crippen LogP contribution in [0, 0.1) is 11.3 Å². The predicted octanol–water partition coefficient (Wildman–Crippen LogP) is 2.31. The number of nitrogens with zero attached hydrogens (tertiary/aromatic N) is 2. The Kier molecular flexibility index (Phi) is 7.96. The van der Waals surface area contributed by atoms with Gasteiger partial charge in [-0.1, -0.05) is 27.7 Å². The summed E-state index contributed by atoms with van der Waals surface area (Å²) in [5.41, 5.74) is 0.0619. The summed E-state index contributed by atoms with van der Waals surface area (Å²) in [6.45, 7) is 9.33. The minimum Gasteiger partial charge on any atom is -0.458 e. The Morgan fingerprint density at radius 3 is 2.04 bits per heavy atom. The van der Waals surface area contributed by atoms with Crippen molar-refractivity contribution in [3.8, 4) is 0 Å². The van der Waals surface area contributed by atoms with E-state index in [1.807, 2.05) is 6.92 Å². The normalized spacial score (nSPS) is 18.0. The fraction of sp³-hybridized carbons (Fsp3) is 0.882. The molecule has 0 saturated carbocycles. The maximum absolute atomic E-state index is 12.5. The van der Waals surface area contributed by atoms with E-state index in [-0.39, 0.29) is 42.9 Å². The summed E-state index contributed by atoms with van der Waals surface area (Å²) in [6, 6.07) is -0.173. The highest BCUT2D eigenvalue weighted by Crippen LogP contribution is 2.27. The van der Waals surface area contributed by atoms with Gasteiger partial charge in [0.05, 0.1) is 19.0 Å². The SMILES string of the molecule is CCC(CC(C)(C)C)C(=O)OC1CN(COC)C(=O)N(COC)C1. The highest BCUT2D eigenvalue weighted by molar-refractivity contribution is 5.76. The maximum atomic E-state index is 12.5. The Morgan fingerprint density at radius 2 is 1.67 bits per heavy atom. The van der Waals surface area contributed by atoms with Crippen molar-refractivity contribution in [3.05, 3.63) is 0 Å². The summed E-state index contributed by atoms with van der Waals surface area (Å²) < 4.78 is 15.8. The number of methoxy groups -OCH3 is 2. The molecular formula is C17H32N2O5. The smallest absolute Gasteiger partial charge is 0.323 e. The van der Waals surface area contributed by atoms with E-state index in [2.05, 4.69) is 20.8 Å². The molecule has 1 rings (SSSR count). The third-order valence-electron chi connectivity index (χ3n) is 3.93. The average molecular weight is 344 g/mol. The van der Waals surface area contributed by atoms with Crippen LogP contribution in [0.25, 0.3) is 0 Å². The van der Waals surface area contributed by atoms with Crippen LogP contribution in [0.5, 0.6) is 0 Å². The van der Waals surface area contributed by atoms with Crippen molar-refractivity contribution in [3.63, 3.8) is 0 Å². The molecule has 1 aliphatic heterocycles. The van der Waals surface area contributed by atoms with E-state index in [4.69, 9.17) is 14.2 Å². The Hall–Kier alpha value is -1.34. The first-order chi connectivity index (χ1) is 11.2. The van der Waals surface area contributed by atoms with Crippen LogP contribution in [-0.2, 0) is 19.0 Å². The van der Waals surface area contributed by atoms with E-state index in [1.54, 1.807) is 0 Å². The molecule has 0 aromatic rings. The number of esters is 1. The van der Waals surface area contributed by atoms with Crippen LogP contribution in [0.1, 0.15) is 40.5 Å². The van der Waals surface area contributed by atoms with Gasteiger partial charge in [0.25, 0.3) is 0 Å². The second-order valence-corrected chi connectivity index (χ2v) is 7.49. The van der Waals surface area contributed by atoms with Crippen molar-refractivity contribution < 1.29 is 23.8 Å². The Labute approximate surface area is 145 Å². The molecule has 0 bridgehead atoms. The van der Waals surface area contributed by atoms with Crippen LogP contribution in [0.15, 0.2) is 0 Å². The molecule has 140 valence electrons. The largest absolute Gasteiger partial charge is 0.458 e. The van der Waals surface area contributed by atoms with Gasteiger partial charge in [0, 0.05) is 14.2 Å². The lowest BCUT2D eigenvalue weighted by molar-refractivity contribution is -0.159. The molecular weight excluding hydrogens is 312 g/mol. The quantitative estimate of drug-likeness (QED) is 0.632. The molecule has 2 amide bonds. The summed E-state index contributed by atoms with van der Waals surface area (Å²) in [4.78, 5) is 27.8. The first-order valence-corrected chi connectivity index (χ1v) is 8.44. The van der Waals surface area contributed by atoms with E-state index in [9.17, 15) is 9.59 Å². The molecule has 1 aliphatic rings. The van der Waals surface area contributed by atoms with Crippen molar-refractivity contribution >= 4 is 12.0 Å². The van der Waals surface area contributed by atoms with Crippen LogP contribution in [-0.4, -0.2) is 68.7 Å². The van der Waals surface area contributed by atoms with Crippen LogP contribution in [0.4, 0.5) is 4.79 Å². The van der Waals surface area contributed by atoms with Crippen LogP contribution < -0.4 is 0 Å².